The van der Waals surface area contributed by atoms with E-state index >= 15 is 0 Å². The Balaban J connectivity index is 2.07. The van der Waals surface area contributed by atoms with E-state index in [1.165, 1.54) is 37.7 Å². The van der Waals surface area contributed by atoms with Gasteiger partial charge in [0.25, 0.3) is 0 Å². The predicted molar refractivity (Wildman–Crippen MR) is 89.6 cm³/mol. The Hall–Kier alpha value is -0.860. The van der Waals surface area contributed by atoms with Gasteiger partial charge in [0.05, 0.1) is 6.10 Å². The summed E-state index contributed by atoms with van der Waals surface area (Å²) in [6, 6.07) is 8.73. The van der Waals surface area contributed by atoms with Gasteiger partial charge in [0.1, 0.15) is 0 Å². The zero-order valence-electron chi connectivity index (χ0n) is 14.1. The maximum atomic E-state index is 10.7. The van der Waals surface area contributed by atoms with Crippen LogP contribution < -0.4 is 0 Å². The number of hydrogen-bond acceptors (Lipinski definition) is 2. The van der Waals surface area contributed by atoms with Crippen molar-refractivity contribution >= 4 is 0 Å². The smallest absolute Gasteiger partial charge is 0.0853 e. The zero-order chi connectivity index (χ0) is 15.5. The van der Waals surface area contributed by atoms with Gasteiger partial charge in [0, 0.05) is 12.0 Å². The van der Waals surface area contributed by atoms with E-state index < -0.39 is 6.10 Å². The molecule has 1 aromatic carbocycles. The minimum absolute atomic E-state index is 0.143. The lowest BCUT2D eigenvalue weighted by molar-refractivity contribution is 0.0307. The fourth-order valence-electron chi connectivity index (χ4n) is 3.74. The molecule has 1 aromatic rings. The molecule has 0 spiro atoms. The van der Waals surface area contributed by atoms with Gasteiger partial charge in [-0.3, -0.25) is 0 Å². The van der Waals surface area contributed by atoms with Crippen molar-refractivity contribution in [2.45, 2.75) is 58.0 Å². The Morgan fingerprint density at radius 3 is 2.19 bits per heavy atom. The highest BCUT2D eigenvalue weighted by molar-refractivity contribution is 5.28. The fraction of sp³-hybridized carbons (Fsp3) is 0.684. The molecule has 2 rings (SSSR count). The molecule has 1 aliphatic rings. The quantitative estimate of drug-likeness (QED) is 0.871. The maximum absolute atomic E-state index is 10.7. The molecule has 118 valence electrons. The van der Waals surface area contributed by atoms with Crippen molar-refractivity contribution in [3.05, 3.63) is 35.4 Å². The summed E-state index contributed by atoms with van der Waals surface area (Å²) in [5.74, 6) is 0.736. The third-order valence-corrected chi connectivity index (χ3v) is 4.79. The number of aliphatic hydroxyl groups excluding tert-OH is 1. The van der Waals surface area contributed by atoms with Gasteiger partial charge in [-0.05, 0) is 44.0 Å². The van der Waals surface area contributed by atoms with Crippen molar-refractivity contribution in [1.82, 2.24) is 4.90 Å². The van der Waals surface area contributed by atoms with Crippen LogP contribution in [0.15, 0.2) is 24.3 Å². The highest BCUT2D eigenvalue weighted by Crippen LogP contribution is 2.36. The molecule has 1 atom stereocenters. The van der Waals surface area contributed by atoms with Crippen LogP contribution in [-0.4, -0.2) is 30.6 Å². The normalized spacial score (nSPS) is 19.0. The molecule has 2 nitrogen and oxygen atoms in total. The number of rotatable bonds is 5. The fourth-order valence-corrected chi connectivity index (χ4v) is 3.74. The molecule has 0 aromatic heterocycles. The number of benzene rings is 1. The van der Waals surface area contributed by atoms with Gasteiger partial charge >= 0.3 is 0 Å². The van der Waals surface area contributed by atoms with Crippen LogP contribution in [0.5, 0.6) is 0 Å². The van der Waals surface area contributed by atoms with Crippen LogP contribution in [0.3, 0.4) is 0 Å². The summed E-state index contributed by atoms with van der Waals surface area (Å²) in [6.45, 7) is 5.14. The lowest BCUT2D eigenvalue weighted by atomic mass is 9.80. The van der Waals surface area contributed by atoms with Crippen molar-refractivity contribution in [2.75, 3.05) is 20.6 Å². The van der Waals surface area contributed by atoms with Gasteiger partial charge in [-0.15, -0.1) is 0 Å². The molecule has 1 N–H and O–H groups in total. The molecule has 0 aliphatic heterocycles. The number of aliphatic hydroxyl groups is 1. The average Bonchev–Trinajstić information content (AvgIpc) is 2.46. The van der Waals surface area contributed by atoms with E-state index in [0.717, 1.165) is 18.0 Å². The van der Waals surface area contributed by atoms with Crippen LogP contribution in [0, 0.1) is 5.41 Å². The first-order valence-electron chi connectivity index (χ1n) is 8.33. The summed E-state index contributed by atoms with van der Waals surface area (Å²) in [4.78, 5) is 2.14. The minimum atomic E-state index is -0.416. The first-order chi connectivity index (χ1) is 9.90. The summed E-state index contributed by atoms with van der Waals surface area (Å²) in [5.41, 5.74) is 2.35. The molecule has 0 heterocycles. The third-order valence-electron chi connectivity index (χ3n) is 4.79. The number of hydrogen-bond donors (Lipinski definition) is 1. The van der Waals surface area contributed by atoms with E-state index in [1.54, 1.807) is 0 Å². The first-order valence-corrected chi connectivity index (χ1v) is 8.33. The second kappa shape index (κ2) is 6.93. The zero-order valence-corrected chi connectivity index (χ0v) is 14.1. The topological polar surface area (TPSA) is 23.5 Å². The van der Waals surface area contributed by atoms with Gasteiger partial charge in [-0.1, -0.05) is 57.4 Å². The largest absolute Gasteiger partial charge is 0.388 e. The van der Waals surface area contributed by atoms with E-state index in [-0.39, 0.29) is 5.41 Å². The molecule has 21 heavy (non-hydrogen) atoms. The van der Waals surface area contributed by atoms with Crippen LogP contribution in [0.1, 0.15) is 69.1 Å². The summed E-state index contributed by atoms with van der Waals surface area (Å²) in [6.07, 6.45) is 6.37. The molecule has 0 radical (unpaired) electrons. The molecular formula is C19H31NO. The van der Waals surface area contributed by atoms with E-state index in [1.807, 2.05) is 0 Å². The summed E-state index contributed by atoms with van der Waals surface area (Å²) < 4.78 is 0. The van der Waals surface area contributed by atoms with Gasteiger partial charge < -0.3 is 10.0 Å². The summed E-state index contributed by atoms with van der Waals surface area (Å²) >= 11 is 0. The Kier molecular flexibility index (Phi) is 5.45. The molecule has 1 aliphatic carbocycles. The van der Waals surface area contributed by atoms with Crippen molar-refractivity contribution in [1.29, 1.82) is 0 Å². The van der Waals surface area contributed by atoms with Gasteiger partial charge in [0.15, 0.2) is 0 Å². The number of nitrogens with zero attached hydrogens (tertiary/aromatic N) is 1. The van der Waals surface area contributed by atoms with Gasteiger partial charge in [0.2, 0.25) is 0 Å². The molecule has 0 saturated heterocycles. The standard InChI is InChI=1S/C19H31NO/c1-19(2,14-20(3)4)18(21)17-12-10-16(11-13-17)15-8-6-5-7-9-15/h10-13,15,18,21H,5-9,14H2,1-4H3/t18-/m1/s1. The Labute approximate surface area is 130 Å². The van der Waals surface area contributed by atoms with Crippen LogP contribution in [-0.2, 0) is 0 Å². The summed E-state index contributed by atoms with van der Waals surface area (Å²) in [5, 5.41) is 10.7. The molecule has 0 bridgehead atoms. The molecular weight excluding hydrogens is 258 g/mol. The Morgan fingerprint density at radius 1 is 1.10 bits per heavy atom. The van der Waals surface area contributed by atoms with Gasteiger partial charge in [-0.25, -0.2) is 0 Å². The van der Waals surface area contributed by atoms with Crippen LogP contribution in [0.2, 0.25) is 0 Å². The highest BCUT2D eigenvalue weighted by Gasteiger charge is 2.29. The van der Waals surface area contributed by atoms with E-state index in [2.05, 4.69) is 57.1 Å². The van der Waals surface area contributed by atoms with Crippen LogP contribution in [0.4, 0.5) is 0 Å². The molecule has 1 saturated carbocycles. The van der Waals surface area contributed by atoms with Crippen molar-refractivity contribution in [2.24, 2.45) is 5.41 Å². The highest BCUT2D eigenvalue weighted by atomic mass is 16.3. The first kappa shape index (κ1) is 16.5. The monoisotopic (exact) mass is 289 g/mol. The Morgan fingerprint density at radius 2 is 1.67 bits per heavy atom. The SMILES string of the molecule is CN(C)CC(C)(C)[C@H](O)c1ccc(C2CCCCC2)cc1. The summed E-state index contributed by atoms with van der Waals surface area (Å²) in [7, 11) is 4.11. The minimum Gasteiger partial charge on any atom is -0.388 e. The van der Waals surface area contributed by atoms with E-state index in [0.29, 0.717) is 0 Å². The molecule has 1 fully saturated rings. The van der Waals surface area contributed by atoms with Crippen molar-refractivity contribution in [3.63, 3.8) is 0 Å². The molecule has 0 amide bonds. The lowest BCUT2D eigenvalue weighted by Crippen LogP contribution is -2.34. The van der Waals surface area contributed by atoms with Crippen molar-refractivity contribution < 1.29 is 5.11 Å². The van der Waals surface area contributed by atoms with Crippen molar-refractivity contribution in [3.8, 4) is 0 Å². The lowest BCUT2D eigenvalue weighted by Gasteiger charge is -2.33. The van der Waals surface area contributed by atoms with Crippen LogP contribution in [0.25, 0.3) is 0 Å². The van der Waals surface area contributed by atoms with Crippen LogP contribution >= 0.6 is 0 Å². The predicted octanol–water partition coefficient (Wildman–Crippen LogP) is 4.36. The second-order valence-electron chi connectivity index (χ2n) is 7.63. The van der Waals surface area contributed by atoms with E-state index in [4.69, 9.17) is 0 Å². The molecule has 0 unspecified atom stereocenters. The van der Waals surface area contributed by atoms with E-state index in [9.17, 15) is 5.11 Å². The maximum Gasteiger partial charge on any atom is 0.0853 e. The van der Waals surface area contributed by atoms with Gasteiger partial charge in [-0.2, -0.15) is 0 Å². The average molecular weight is 289 g/mol. The third kappa shape index (κ3) is 4.31. The second-order valence-corrected chi connectivity index (χ2v) is 7.63. The molecule has 2 heteroatoms. The Bertz CT molecular complexity index is 429.